The molecule has 1 spiro atoms. The number of benzene rings is 1. The number of likely N-dealkylation sites (N-methyl/N-ethyl adjacent to an activating group) is 1. The van der Waals surface area contributed by atoms with Gasteiger partial charge in [0, 0.05) is 49.9 Å². The third kappa shape index (κ3) is 6.48. The standard InChI is InChI=1S/C30H35F2N5O8/c1-17-12-30(45-34-17)8-7-18(2)36-15-23(30)37-14-21(27(39)33-13-19-5-6-20(31)11-22(19)32)25(38)26(24(37)28(36)40)43-16-44-29(41)42-10-9-35(3)4/h5-6,11,14,18,23H,7-10,12-13,15-16H2,1-4H3,(H,33,39)/t18-,23+,30-/m0/s1. The molecule has 2 aromatic rings. The Morgan fingerprint density at radius 2 is 2.00 bits per heavy atom. The molecule has 2 bridgehead atoms. The minimum absolute atomic E-state index is 0.00466. The number of amides is 2. The van der Waals surface area contributed by atoms with Crippen molar-refractivity contribution in [2.75, 3.05) is 40.6 Å². The summed E-state index contributed by atoms with van der Waals surface area (Å²) in [7, 11) is 3.60. The summed E-state index contributed by atoms with van der Waals surface area (Å²) in [5.74, 6) is -3.55. The first kappa shape index (κ1) is 31.9. The quantitative estimate of drug-likeness (QED) is 0.327. The van der Waals surface area contributed by atoms with Crippen molar-refractivity contribution < 1.29 is 42.2 Å². The van der Waals surface area contributed by atoms with Crippen LogP contribution in [0.1, 0.15) is 65.6 Å². The Balaban J connectivity index is 1.51. The summed E-state index contributed by atoms with van der Waals surface area (Å²) < 4.78 is 44.7. The van der Waals surface area contributed by atoms with Gasteiger partial charge in [0.15, 0.2) is 11.3 Å². The van der Waals surface area contributed by atoms with Gasteiger partial charge in [0.05, 0.1) is 11.8 Å². The minimum atomic E-state index is -1.05. The maximum Gasteiger partial charge on any atom is 0.511 e. The van der Waals surface area contributed by atoms with Crippen molar-refractivity contribution in [3.05, 3.63) is 63.1 Å². The third-order valence-corrected chi connectivity index (χ3v) is 8.26. The fourth-order valence-corrected chi connectivity index (χ4v) is 5.83. The highest BCUT2D eigenvalue weighted by Gasteiger charge is 2.54. The van der Waals surface area contributed by atoms with E-state index in [-0.39, 0.29) is 37.0 Å². The Bertz CT molecular complexity index is 1590. The topological polar surface area (TPSA) is 141 Å². The largest absolute Gasteiger partial charge is 0.511 e. The number of aromatic nitrogens is 1. The normalized spacial score (nSPS) is 22.0. The number of hydrogen-bond acceptors (Lipinski definition) is 10. The van der Waals surface area contributed by atoms with Gasteiger partial charge in [-0.2, -0.15) is 0 Å². The van der Waals surface area contributed by atoms with Crippen LogP contribution in [0.25, 0.3) is 0 Å². The van der Waals surface area contributed by atoms with E-state index in [1.165, 1.54) is 16.8 Å². The lowest BCUT2D eigenvalue weighted by Gasteiger charge is -2.42. The van der Waals surface area contributed by atoms with Crippen LogP contribution in [-0.2, 0) is 20.9 Å². The third-order valence-electron chi connectivity index (χ3n) is 8.26. The zero-order valence-electron chi connectivity index (χ0n) is 25.4. The van der Waals surface area contributed by atoms with Crippen LogP contribution in [0.15, 0.2) is 34.3 Å². The Morgan fingerprint density at radius 3 is 2.69 bits per heavy atom. The van der Waals surface area contributed by atoms with Crippen LogP contribution in [0.5, 0.6) is 5.75 Å². The number of ether oxygens (including phenoxy) is 3. The highest BCUT2D eigenvalue weighted by Crippen LogP contribution is 2.46. The molecular weight excluding hydrogens is 596 g/mol. The van der Waals surface area contributed by atoms with Gasteiger partial charge in [-0.05, 0) is 46.9 Å². The van der Waals surface area contributed by atoms with E-state index in [1.54, 1.807) is 23.9 Å². The van der Waals surface area contributed by atoms with Crippen molar-refractivity contribution in [2.45, 2.75) is 57.3 Å². The molecule has 242 valence electrons. The zero-order chi connectivity index (χ0) is 32.5. The van der Waals surface area contributed by atoms with Crippen molar-refractivity contribution >= 4 is 23.7 Å². The number of pyridine rings is 1. The minimum Gasteiger partial charge on any atom is -0.451 e. The molecule has 1 aromatic carbocycles. The van der Waals surface area contributed by atoms with Crippen molar-refractivity contribution in [1.82, 2.24) is 19.7 Å². The number of hydrogen-bond donors (Lipinski definition) is 1. The molecule has 3 aliphatic rings. The molecule has 0 unspecified atom stereocenters. The molecule has 1 fully saturated rings. The summed E-state index contributed by atoms with van der Waals surface area (Å²) >= 11 is 0. The van der Waals surface area contributed by atoms with E-state index in [1.807, 2.05) is 13.8 Å². The first-order chi connectivity index (χ1) is 21.4. The molecule has 5 rings (SSSR count). The summed E-state index contributed by atoms with van der Waals surface area (Å²) in [6.07, 6.45) is 1.81. The predicted octanol–water partition coefficient (Wildman–Crippen LogP) is 2.82. The maximum absolute atomic E-state index is 14.2. The van der Waals surface area contributed by atoms with Gasteiger partial charge in [0.25, 0.3) is 11.8 Å². The summed E-state index contributed by atoms with van der Waals surface area (Å²) in [5.41, 5.74) is -1.61. The fourth-order valence-electron chi connectivity index (χ4n) is 5.83. The Labute approximate surface area is 257 Å². The SMILES string of the molecule is CC1=NO[C@@]2(CC[C@H](C)N3C[C@H]2n2cc(C(=O)NCc4ccc(F)cc4F)c(=O)c(OCOC(=O)OCCN(C)C)c2C3=O)C1. The monoisotopic (exact) mass is 631 g/mol. The number of rotatable bonds is 9. The lowest BCUT2D eigenvalue weighted by molar-refractivity contribution is -0.0658. The molecule has 1 aromatic heterocycles. The average molecular weight is 632 g/mol. The van der Waals surface area contributed by atoms with Crippen LogP contribution in [0.4, 0.5) is 13.6 Å². The maximum atomic E-state index is 14.2. The number of carbonyl (C=O) groups excluding carboxylic acids is 3. The fraction of sp³-hybridized carbons (Fsp3) is 0.500. The van der Waals surface area contributed by atoms with Gasteiger partial charge >= 0.3 is 6.16 Å². The molecule has 0 saturated carbocycles. The number of carbonyl (C=O) groups is 3. The lowest BCUT2D eigenvalue weighted by atomic mass is 9.84. The van der Waals surface area contributed by atoms with Crippen LogP contribution >= 0.6 is 0 Å². The second kappa shape index (κ2) is 12.8. The average Bonchev–Trinajstić information content (AvgIpc) is 3.31. The van der Waals surface area contributed by atoms with Gasteiger partial charge in [0.1, 0.15) is 23.8 Å². The number of fused-ring (bicyclic) bond motifs is 5. The smallest absolute Gasteiger partial charge is 0.451 e. The molecule has 2 amide bonds. The molecule has 45 heavy (non-hydrogen) atoms. The molecule has 1 saturated heterocycles. The van der Waals surface area contributed by atoms with E-state index in [0.717, 1.165) is 11.8 Å². The molecule has 3 aliphatic heterocycles. The lowest BCUT2D eigenvalue weighted by Crippen LogP contribution is -2.52. The number of nitrogens with zero attached hydrogens (tertiary/aromatic N) is 4. The zero-order valence-corrected chi connectivity index (χ0v) is 25.4. The van der Waals surface area contributed by atoms with E-state index in [4.69, 9.17) is 19.0 Å². The Kier molecular flexibility index (Phi) is 9.09. The van der Waals surface area contributed by atoms with Crippen molar-refractivity contribution in [3.8, 4) is 5.75 Å². The van der Waals surface area contributed by atoms with Crippen LogP contribution in [0, 0.1) is 11.6 Å². The van der Waals surface area contributed by atoms with Gasteiger partial charge < -0.3 is 38.7 Å². The van der Waals surface area contributed by atoms with E-state index in [9.17, 15) is 28.0 Å². The van der Waals surface area contributed by atoms with Crippen LogP contribution in [0.3, 0.4) is 0 Å². The van der Waals surface area contributed by atoms with E-state index < -0.39 is 64.8 Å². The Hall–Kier alpha value is -4.53. The van der Waals surface area contributed by atoms with Gasteiger partial charge in [0.2, 0.25) is 18.0 Å². The second-order valence-corrected chi connectivity index (χ2v) is 11.7. The van der Waals surface area contributed by atoms with Gasteiger partial charge in [-0.3, -0.25) is 14.4 Å². The van der Waals surface area contributed by atoms with Gasteiger partial charge in [-0.1, -0.05) is 11.2 Å². The molecule has 4 heterocycles. The first-order valence-electron chi connectivity index (χ1n) is 14.5. The summed E-state index contributed by atoms with van der Waals surface area (Å²) in [5, 5.41) is 6.67. The highest BCUT2D eigenvalue weighted by molar-refractivity contribution is 5.99. The van der Waals surface area contributed by atoms with Crippen LogP contribution in [-0.4, -0.2) is 90.3 Å². The molecule has 15 heteroatoms. The van der Waals surface area contributed by atoms with Crippen molar-refractivity contribution in [1.29, 1.82) is 0 Å². The molecule has 3 atom stereocenters. The van der Waals surface area contributed by atoms with E-state index in [2.05, 4.69) is 10.5 Å². The molecule has 0 radical (unpaired) electrons. The van der Waals surface area contributed by atoms with E-state index >= 15 is 0 Å². The van der Waals surface area contributed by atoms with Gasteiger partial charge in [-0.15, -0.1) is 0 Å². The van der Waals surface area contributed by atoms with Crippen molar-refractivity contribution in [3.63, 3.8) is 0 Å². The number of oxime groups is 1. The summed E-state index contributed by atoms with van der Waals surface area (Å²) in [6, 6.07) is 2.12. The summed E-state index contributed by atoms with van der Waals surface area (Å²) in [4.78, 5) is 62.7. The van der Waals surface area contributed by atoms with Gasteiger partial charge in [-0.25, -0.2) is 13.6 Å². The summed E-state index contributed by atoms with van der Waals surface area (Å²) in [6.45, 7) is 3.30. The molecule has 1 N–H and O–H groups in total. The first-order valence-corrected chi connectivity index (χ1v) is 14.5. The van der Waals surface area contributed by atoms with Crippen LogP contribution in [0.2, 0.25) is 0 Å². The van der Waals surface area contributed by atoms with E-state index in [0.29, 0.717) is 31.9 Å². The molecule has 0 aliphatic carbocycles. The Morgan fingerprint density at radius 1 is 1.22 bits per heavy atom. The number of nitrogens with one attached hydrogen (secondary N) is 1. The van der Waals surface area contributed by atoms with Crippen molar-refractivity contribution in [2.24, 2.45) is 5.16 Å². The molecular formula is C30H35F2N5O8. The highest BCUT2D eigenvalue weighted by atomic mass is 19.1. The van der Waals surface area contributed by atoms with Crippen LogP contribution < -0.4 is 15.5 Å². The predicted molar refractivity (Wildman–Crippen MR) is 155 cm³/mol. The molecule has 13 nitrogen and oxygen atoms in total. The number of halogens is 2. The second-order valence-electron chi connectivity index (χ2n) is 11.7.